The van der Waals surface area contributed by atoms with Gasteiger partial charge in [0.25, 0.3) is 0 Å². The van der Waals surface area contributed by atoms with Crippen molar-refractivity contribution in [3.05, 3.63) is 30.1 Å². The SMILES string of the molecule is CN1CC[C@@]2(C(=O)N3CCCC3)CCN(S(=O)(=O)c3cccc(F)c3)CC[C@H]12. The van der Waals surface area contributed by atoms with E-state index in [-0.39, 0.29) is 16.8 Å². The Bertz CT molecular complexity index is 856. The quantitative estimate of drug-likeness (QED) is 0.765. The average Bonchev–Trinajstić information content (AvgIpc) is 3.26. The fourth-order valence-corrected chi connectivity index (χ4v) is 6.71. The molecule has 0 saturated carbocycles. The van der Waals surface area contributed by atoms with E-state index in [4.69, 9.17) is 0 Å². The molecule has 28 heavy (non-hydrogen) atoms. The lowest BCUT2D eigenvalue weighted by Gasteiger charge is -2.37. The van der Waals surface area contributed by atoms with E-state index in [9.17, 15) is 17.6 Å². The predicted octanol–water partition coefficient (Wildman–Crippen LogP) is 1.92. The third-order valence-electron chi connectivity index (χ3n) is 6.79. The Balaban J connectivity index is 1.61. The van der Waals surface area contributed by atoms with Gasteiger partial charge in [0.2, 0.25) is 15.9 Å². The van der Waals surface area contributed by atoms with Gasteiger partial charge in [0.1, 0.15) is 5.82 Å². The van der Waals surface area contributed by atoms with E-state index in [0.717, 1.165) is 45.0 Å². The Hall–Kier alpha value is -1.51. The van der Waals surface area contributed by atoms with Crippen molar-refractivity contribution >= 4 is 15.9 Å². The van der Waals surface area contributed by atoms with Crippen molar-refractivity contribution in [3.8, 4) is 0 Å². The number of nitrogens with zero attached hydrogens (tertiary/aromatic N) is 3. The Morgan fingerprint density at radius 2 is 1.82 bits per heavy atom. The van der Waals surface area contributed by atoms with Crippen LogP contribution in [0.4, 0.5) is 4.39 Å². The molecule has 1 aromatic carbocycles. The number of likely N-dealkylation sites (tertiary alicyclic amines) is 2. The lowest BCUT2D eigenvalue weighted by atomic mass is 9.75. The van der Waals surface area contributed by atoms with Crippen molar-refractivity contribution in [1.82, 2.24) is 14.1 Å². The van der Waals surface area contributed by atoms with Crippen LogP contribution >= 0.6 is 0 Å². The van der Waals surface area contributed by atoms with Crippen molar-refractivity contribution in [2.24, 2.45) is 5.41 Å². The number of hydrogen-bond acceptors (Lipinski definition) is 4. The van der Waals surface area contributed by atoms with Gasteiger partial charge in [0, 0.05) is 32.2 Å². The third-order valence-corrected chi connectivity index (χ3v) is 8.69. The van der Waals surface area contributed by atoms with Crippen LogP contribution in [0.3, 0.4) is 0 Å². The van der Waals surface area contributed by atoms with Crippen LogP contribution in [0.25, 0.3) is 0 Å². The predicted molar refractivity (Wildman–Crippen MR) is 104 cm³/mol. The minimum Gasteiger partial charge on any atom is -0.342 e. The van der Waals surface area contributed by atoms with Crippen LogP contribution in [0.1, 0.15) is 32.1 Å². The van der Waals surface area contributed by atoms with E-state index in [1.165, 1.54) is 22.5 Å². The molecule has 0 bridgehead atoms. The molecular formula is C20H28FN3O3S. The summed E-state index contributed by atoms with van der Waals surface area (Å²) in [7, 11) is -1.75. The summed E-state index contributed by atoms with van der Waals surface area (Å²) in [6.07, 6.45) is 4.00. The molecule has 0 aliphatic carbocycles. The second-order valence-electron chi connectivity index (χ2n) is 8.30. The summed E-state index contributed by atoms with van der Waals surface area (Å²) in [6.45, 7) is 3.12. The maximum absolute atomic E-state index is 13.6. The number of hydrogen-bond donors (Lipinski definition) is 0. The lowest BCUT2D eigenvalue weighted by molar-refractivity contribution is -0.142. The van der Waals surface area contributed by atoms with Gasteiger partial charge in [0.15, 0.2) is 0 Å². The lowest BCUT2D eigenvalue weighted by Crippen LogP contribution is -2.49. The van der Waals surface area contributed by atoms with E-state index >= 15 is 0 Å². The molecule has 0 spiro atoms. The molecule has 0 radical (unpaired) electrons. The fourth-order valence-electron chi connectivity index (χ4n) is 5.22. The number of carbonyl (C=O) groups excluding carboxylic acids is 1. The van der Waals surface area contributed by atoms with Gasteiger partial charge in [-0.25, -0.2) is 12.8 Å². The first-order valence-corrected chi connectivity index (χ1v) is 11.5. The van der Waals surface area contributed by atoms with Crippen LogP contribution in [0, 0.1) is 11.2 Å². The van der Waals surface area contributed by atoms with Gasteiger partial charge in [-0.3, -0.25) is 4.79 Å². The highest BCUT2D eigenvalue weighted by Gasteiger charge is 2.54. The van der Waals surface area contributed by atoms with Crippen molar-refractivity contribution < 1.29 is 17.6 Å². The van der Waals surface area contributed by atoms with Crippen LogP contribution in [0.15, 0.2) is 29.2 Å². The molecule has 154 valence electrons. The molecule has 0 aromatic heterocycles. The van der Waals surface area contributed by atoms with E-state index < -0.39 is 21.3 Å². The Kier molecular flexibility index (Phi) is 5.22. The summed E-state index contributed by atoms with van der Waals surface area (Å²) >= 11 is 0. The minimum atomic E-state index is -3.78. The van der Waals surface area contributed by atoms with Crippen LogP contribution in [-0.2, 0) is 14.8 Å². The van der Waals surface area contributed by atoms with Crippen LogP contribution in [-0.4, -0.2) is 74.2 Å². The van der Waals surface area contributed by atoms with Gasteiger partial charge >= 0.3 is 0 Å². The molecule has 1 amide bonds. The number of amides is 1. The molecule has 3 saturated heterocycles. The Morgan fingerprint density at radius 3 is 2.54 bits per heavy atom. The van der Waals surface area contributed by atoms with Crippen molar-refractivity contribution in [1.29, 1.82) is 0 Å². The summed E-state index contributed by atoms with van der Waals surface area (Å²) < 4.78 is 41.2. The van der Waals surface area contributed by atoms with Gasteiger partial charge in [-0.15, -0.1) is 0 Å². The van der Waals surface area contributed by atoms with Gasteiger partial charge in [-0.1, -0.05) is 6.07 Å². The first-order valence-electron chi connectivity index (χ1n) is 10.1. The number of carbonyl (C=O) groups is 1. The maximum Gasteiger partial charge on any atom is 0.243 e. The largest absolute Gasteiger partial charge is 0.342 e. The van der Waals surface area contributed by atoms with E-state index in [1.54, 1.807) is 0 Å². The average molecular weight is 410 g/mol. The molecule has 3 fully saturated rings. The van der Waals surface area contributed by atoms with Gasteiger partial charge in [-0.2, -0.15) is 4.31 Å². The van der Waals surface area contributed by atoms with Crippen molar-refractivity contribution in [2.75, 3.05) is 39.8 Å². The highest BCUT2D eigenvalue weighted by atomic mass is 32.2. The summed E-state index contributed by atoms with van der Waals surface area (Å²) in [6, 6.07) is 5.21. The number of halogens is 1. The standard InChI is InChI=1S/C20H28FN3O3S/c1-22-13-8-20(19(25)23-10-2-3-11-23)9-14-24(12-7-18(20)22)28(26,27)17-6-4-5-16(21)15-17/h4-6,15,18H,2-3,7-14H2,1H3/t18-,20+/m0/s1. The van der Waals surface area contributed by atoms with E-state index in [0.29, 0.717) is 25.9 Å². The molecular weight excluding hydrogens is 381 g/mol. The molecule has 6 nitrogen and oxygen atoms in total. The molecule has 0 N–H and O–H groups in total. The van der Waals surface area contributed by atoms with Gasteiger partial charge in [0.05, 0.1) is 10.3 Å². The first kappa shape index (κ1) is 19.8. The monoisotopic (exact) mass is 409 g/mol. The smallest absolute Gasteiger partial charge is 0.243 e. The molecule has 0 unspecified atom stereocenters. The highest BCUT2D eigenvalue weighted by Crippen LogP contribution is 2.45. The molecule has 3 aliphatic rings. The third kappa shape index (κ3) is 3.25. The Morgan fingerprint density at radius 1 is 1.11 bits per heavy atom. The van der Waals surface area contributed by atoms with Crippen LogP contribution < -0.4 is 0 Å². The van der Waals surface area contributed by atoms with Gasteiger partial charge < -0.3 is 9.80 Å². The second-order valence-corrected chi connectivity index (χ2v) is 10.2. The van der Waals surface area contributed by atoms with Crippen molar-refractivity contribution in [3.63, 3.8) is 0 Å². The topological polar surface area (TPSA) is 60.9 Å². The highest BCUT2D eigenvalue weighted by molar-refractivity contribution is 7.89. The molecule has 3 heterocycles. The zero-order valence-corrected chi connectivity index (χ0v) is 17.1. The molecule has 8 heteroatoms. The van der Waals surface area contributed by atoms with Crippen LogP contribution in [0.5, 0.6) is 0 Å². The molecule has 4 rings (SSSR count). The summed E-state index contributed by atoms with van der Waals surface area (Å²) in [5.41, 5.74) is -0.509. The van der Waals surface area contributed by atoms with Gasteiger partial charge in [-0.05, 0) is 63.9 Å². The summed E-state index contributed by atoms with van der Waals surface area (Å²) in [5.74, 6) is -0.363. The zero-order valence-electron chi connectivity index (χ0n) is 16.3. The number of sulfonamides is 1. The second kappa shape index (κ2) is 7.39. The number of fused-ring (bicyclic) bond motifs is 1. The first-order chi connectivity index (χ1) is 13.3. The van der Waals surface area contributed by atoms with E-state index in [2.05, 4.69) is 4.90 Å². The van der Waals surface area contributed by atoms with Crippen LogP contribution in [0.2, 0.25) is 0 Å². The maximum atomic E-state index is 13.6. The number of rotatable bonds is 3. The summed E-state index contributed by atoms with van der Waals surface area (Å²) in [5, 5.41) is 0. The molecule has 3 aliphatic heterocycles. The number of benzene rings is 1. The molecule has 2 atom stereocenters. The van der Waals surface area contributed by atoms with E-state index in [1.807, 2.05) is 11.9 Å². The van der Waals surface area contributed by atoms with Crippen molar-refractivity contribution in [2.45, 2.75) is 43.0 Å². The minimum absolute atomic E-state index is 0.0205. The molecule has 1 aromatic rings. The summed E-state index contributed by atoms with van der Waals surface area (Å²) in [4.78, 5) is 17.6. The Labute approximate surface area is 166 Å². The fraction of sp³-hybridized carbons (Fsp3) is 0.650. The zero-order chi connectivity index (χ0) is 19.9. The normalized spacial score (nSPS) is 29.6.